The van der Waals surface area contributed by atoms with Crippen LogP contribution in [0.1, 0.15) is 5.01 Å². The van der Waals surface area contributed by atoms with E-state index in [2.05, 4.69) is 18.8 Å². The molecule has 1 aliphatic rings. The summed E-state index contributed by atoms with van der Waals surface area (Å²) in [5, 5.41) is 0.789. The molecule has 2 heterocycles. The number of methoxy groups -OCH3 is 1. The van der Waals surface area contributed by atoms with Gasteiger partial charge in [-0.15, -0.1) is 11.3 Å². The van der Waals surface area contributed by atoms with Gasteiger partial charge >= 0.3 is 5.97 Å². The fourth-order valence-corrected chi connectivity index (χ4v) is 3.11. The van der Waals surface area contributed by atoms with E-state index in [1.54, 1.807) is 17.4 Å². The van der Waals surface area contributed by atoms with Crippen molar-refractivity contribution >= 4 is 45.4 Å². The van der Waals surface area contributed by atoms with Crippen LogP contribution in [-0.4, -0.2) is 23.8 Å². The van der Waals surface area contributed by atoms with Crippen LogP contribution in [0.2, 0.25) is 0 Å². The van der Waals surface area contributed by atoms with Crippen LogP contribution in [0, 0.1) is 0 Å². The number of carbonyl (C=O) groups excluding carboxylic acids is 1. The van der Waals surface area contributed by atoms with Gasteiger partial charge in [0.15, 0.2) is 0 Å². The molecule has 5 nitrogen and oxygen atoms in total. The van der Waals surface area contributed by atoms with Crippen molar-refractivity contribution in [1.29, 1.82) is 0 Å². The van der Waals surface area contributed by atoms with Crippen molar-refractivity contribution in [3.8, 4) is 0 Å². The third-order valence-corrected chi connectivity index (χ3v) is 4.16. The standard InChI is InChI=1S/C12H9N3O2S2/c1-17-12(16)9-6-8(14-19-15-9)11-13-7-4-2-3-5-10(7)18-11/h2-6,15H,1H3. The summed E-state index contributed by atoms with van der Waals surface area (Å²) in [5.41, 5.74) is 1.98. The fourth-order valence-electron chi connectivity index (χ4n) is 1.61. The largest absolute Gasteiger partial charge is 0.464 e. The molecule has 0 aliphatic carbocycles. The van der Waals surface area contributed by atoms with Crippen molar-refractivity contribution in [3.05, 3.63) is 41.0 Å². The Morgan fingerprint density at radius 3 is 3.00 bits per heavy atom. The molecule has 0 saturated carbocycles. The maximum Gasteiger partial charge on any atom is 0.355 e. The molecule has 7 heteroatoms. The van der Waals surface area contributed by atoms with Crippen LogP contribution in [0.25, 0.3) is 10.2 Å². The van der Waals surface area contributed by atoms with Gasteiger partial charge in [-0.25, -0.2) is 9.78 Å². The number of hydrogen-bond donors (Lipinski definition) is 1. The number of ether oxygens (including phenoxy) is 1. The maximum absolute atomic E-state index is 11.5. The summed E-state index contributed by atoms with van der Waals surface area (Å²) in [6.07, 6.45) is 1.65. The molecule has 0 saturated heterocycles. The summed E-state index contributed by atoms with van der Waals surface area (Å²) in [7, 11) is 1.35. The SMILES string of the molecule is COC(=O)C1=CC(c2nc3ccccc3s2)=NSN1. The summed E-state index contributed by atoms with van der Waals surface area (Å²) >= 11 is 2.64. The number of nitrogens with one attached hydrogen (secondary N) is 1. The number of rotatable bonds is 2. The Balaban J connectivity index is 1.99. The van der Waals surface area contributed by atoms with E-state index in [1.807, 2.05) is 24.3 Å². The molecule has 0 atom stereocenters. The third-order valence-electron chi connectivity index (χ3n) is 2.50. The highest BCUT2D eigenvalue weighted by Gasteiger charge is 2.18. The molecule has 2 aromatic rings. The molecule has 1 aliphatic heterocycles. The molecule has 3 rings (SSSR count). The van der Waals surface area contributed by atoms with Crippen molar-refractivity contribution in [2.75, 3.05) is 7.11 Å². The summed E-state index contributed by atoms with van der Waals surface area (Å²) in [6, 6.07) is 7.88. The molecular formula is C12H9N3O2S2. The lowest BCUT2D eigenvalue weighted by Crippen LogP contribution is -2.20. The zero-order valence-electron chi connectivity index (χ0n) is 9.91. The number of fused-ring (bicyclic) bond motifs is 1. The van der Waals surface area contributed by atoms with Gasteiger partial charge in [0.25, 0.3) is 0 Å². The lowest BCUT2D eigenvalue weighted by atomic mass is 10.3. The Kier molecular flexibility index (Phi) is 3.22. The second-order valence-corrected chi connectivity index (χ2v) is 5.31. The summed E-state index contributed by atoms with van der Waals surface area (Å²) in [5.74, 6) is -0.416. The van der Waals surface area contributed by atoms with E-state index in [-0.39, 0.29) is 0 Å². The first-order valence-electron chi connectivity index (χ1n) is 5.44. The number of hydrogen-bond acceptors (Lipinski definition) is 7. The molecular weight excluding hydrogens is 282 g/mol. The lowest BCUT2D eigenvalue weighted by molar-refractivity contribution is -0.136. The van der Waals surface area contributed by atoms with Gasteiger partial charge in [-0.05, 0) is 18.2 Å². The van der Waals surface area contributed by atoms with Gasteiger partial charge < -0.3 is 9.46 Å². The molecule has 19 heavy (non-hydrogen) atoms. The Morgan fingerprint density at radius 1 is 1.37 bits per heavy atom. The van der Waals surface area contributed by atoms with E-state index in [0.717, 1.165) is 27.4 Å². The maximum atomic E-state index is 11.5. The summed E-state index contributed by atoms with van der Waals surface area (Å²) < 4.78 is 12.8. The van der Waals surface area contributed by atoms with E-state index >= 15 is 0 Å². The van der Waals surface area contributed by atoms with Gasteiger partial charge in [-0.2, -0.15) is 4.40 Å². The molecule has 0 spiro atoms. The van der Waals surface area contributed by atoms with Crippen LogP contribution in [0.4, 0.5) is 0 Å². The van der Waals surface area contributed by atoms with E-state index < -0.39 is 5.97 Å². The zero-order valence-corrected chi connectivity index (χ0v) is 11.5. The van der Waals surface area contributed by atoms with Gasteiger partial charge in [0, 0.05) is 0 Å². The smallest absolute Gasteiger partial charge is 0.355 e. The van der Waals surface area contributed by atoms with Gasteiger partial charge in [-0.1, -0.05) is 12.1 Å². The predicted octanol–water partition coefficient (Wildman–Crippen LogP) is 2.31. The zero-order chi connectivity index (χ0) is 13.2. The van der Waals surface area contributed by atoms with Crippen molar-refractivity contribution in [2.24, 2.45) is 4.40 Å². The van der Waals surface area contributed by atoms with Crippen molar-refractivity contribution in [1.82, 2.24) is 9.71 Å². The second-order valence-electron chi connectivity index (χ2n) is 3.71. The van der Waals surface area contributed by atoms with Gasteiger partial charge in [0.1, 0.15) is 16.4 Å². The minimum absolute atomic E-state index is 0.372. The van der Waals surface area contributed by atoms with Gasteiger partial charge in [0.05, 0.1) is 29.5 Å². The minimum atomic E-state index is -0.416. The molecule has 0 amide bonds. The lowest BCUT2D eigenvalue weighted by Gasteiger charge is -2.10. The fraction of sp³-hybridized carbons (Fsp3) is 0.0833. The first kappa shape index (κ1) is 12.2. The highest BCUT2D eigenvalue weighted by Crippen LogP contribution is 2.25. The first-order chi connectivity index (χ1) is 9.28. The molecule has 0 radical (unpaired) electrons. The van der Waals surface area contributed by atoms with Crippen LogP contribution < -0.4 is 4.72 Å². The molecule has 1 aromatic carbocycles. The molecule has 1 aromatic heterocycles. The van der Waals surface area contributed by atoms with E-state index in [1.165, 1.54) is 7.11 Å². The Hall–Kier alpha value is -1.86. The van der Waals surface area contributed by atoms with Crippen LogP contribution in [0.5, 0.6) is 0 Å². The normalized spacial score (nSPS) is 14.6. The van der Waals surface area contributed by atoms with E-state index in [4.69, 9.17) is 0 Å². The molecule has 1 N–H and O–H groups in total. The summed E-state index contributed by atoms with van der Waals surface area (Å²) in [6.45, 7) is 0. The topological polar surface area (TPSA) is 63.6 Å². The Morgan fingerprint density at radius 2 is 2.21 bits per heavy atom. The number of para-hydroxylation sites is 1. The number of thiazole rings is 1. The number of allylic oxidation sites excluding steroid dienone is 1. The van der Waals surface area contributed by atoms with Crippen LogP contribution in [0.3, 0.4) is 0 Å². The van der Waals surface area contributed by atoms with Crippen LogP contribution in [0.15, 0.2) is 40.4 Å². The monoisotopic (exact) mass is 291 g/mol. The van der Waals surface area contributed by atoms with E-state index in [0.29, 0.717) is 11.4 Å². The first-order valence-corrected chi connectivity index (χ1v) is 7.03. The highest BCUT2D eigenvalue weighted by atomic mass is 32.2. The third kappa shape index (κ3) is 2.34. The van der Waals surface area contributed by atoms with Gasteiger partial charge in [-0.3, -0.25) is 0 Å². The summed E-state index contributed by atoms with van der Waals surface area (Å²) in [4.78, 5) is 16.0. The number of nitrogens with zero attached hydrogens (tertiary/aromatic N) is 2. The number of esters is 1. The van der Waals surface area contributed by atoms with Crippen LogP contribution >= 0.6 is 23.5 Å². The highest BCUT2D eigenvalue weighted by molar-refractivity contribution is 7.96. The Labute approximate surface area is 117 Å². The molecule has 96 valence electrons. The number of aromatic nitrogens is 1. The second kappa shape index (κ2) is 5.02. The number of carbonyl (C=O) groups is 1. The molecule has 0 fully saturated rings. The molecule has 0 bridgehead atoms. The average molecular weight is 291 g/mol. The average Bonchev–Trinajstić information content (AvgIpc) is 2.90. The Bertz CT molecular complexity index is 673. The van der Waals surface area contributed by atoms with Crippen molar-refractivity contribution in [3.63, 3.8) is 0 Å². The molecule has 0 unspecified atom stereocenters. The van der Waals surface area contributed by atoms with E-state index in [9.17, 15) is 4.79 Å². The predicted molar refractivity (Wildman–Crippen MR) is 77.0 cm³/mol. The van der Waals surface area contributed by atoms with Crippen molar-refractivity contribution < 1.29 is 9.53 Å². The number of benzene rings is 1. The minimum Gasteiger partial charge on any atom is -0.464 e. The van der Waals surface area contributed by atoms with Crippen molar-refractivity contribution in [2.45, 2.75) is 0 Å². The van der Waals surface area contributed by atoms with Crippen LogP contribution in [-0.2, 0) is 9.53 Å². The van der Waals surface area contributed by atoms with Gasteiger partial charge in [0.2, 0.25) is 0 Å². The quantitative estimate of drug-likeness (QED) is 0.679.